The van der Waals surface area contributed by atoms with Crippen LogP contribution >= 0.6 is 0 Å². The summed E-state index contributed by atoms with van der Waals surface area (Å²) >= 11 is 0. The Kier molecular flexibility index (Phi) is 4.31. The van der Waals surface area contributed by atoms with Crippen LogP contribution in [-0.2, 0) is 6.54 Å². The maximum Gasteiger partial charge on any atom is 0.273 e. The van der Waals surface area contributed by atoms with Crippen molar-refractivity contribution >= 4 is 5.91 Å². The molecule has 2 aromatic heterocycles. The second kappa shape index (κ2) is 5.99. The third kappa shape index (κ3) is 3.84. The highest BCUT2D eigenvalue weighted by Gasteiger charge is 2.28. The molecule has 1 amide bonds. The first kappa shape index (κ1) is 15.1. The molecule has 0 saturated carbocycles. The minimum atomic E-state index is -0.460. The Bertz CT molecular complexity index is 606. The van der Waals surface area contributed by atoms with Crippen LogP contribution < -0.4 is 0 Å². The second-order valence-corrected chi connectivity index (χ2v) is 5.74. The lowest BCUT2D eigenvalue weighted by Crippen LogP contribution is -2.45. The van der Waals surface area contributed by atoms with Crippen molar-refractivity contribution in [1.29, 1.82) is 0 Å². The topological polar surface area (TPSA) is 46.1 Å². The summed E-state index contributed by atoms with van der Waals surface area (Å²) in [6.07, 6.45) is 2.74. The van der Waals surface area contributed by atoms with Crippen LogP contribution in [0, 0.1) is 5.82 Å². The molecule has 5 heteroatoms. The Morgan fingerprint density at radius 2 is 1.95 bits per heavy atom. The van der Waals surface area contributed by atoms with Crippen molar-refractivity contribution in [3.8, 4) is 0 Å². The molecule has 0 fully saturated rings. The molecule has 0 aliphatic rings. The largest absolute Gasteiger partial charge is 0.327 e. The molecule has 2 heterocycles. The van der Waals surface area contributed by atoms with Gasteiger partial charge < -0.3 is 4.90 Å². The quantitative estimate of drug-likeness (QED) is 0.871. The number of carbonyl (C=O) groups is 1. The second-order valence-electron chi connectivity index (χ2n) is 5.74. The zero-order valence-electron chi connectivity index (χ0n) is 12.4. The first-order chi connectivity index (χ1) is 9.88. The van der Waals surface area contributed by atoms with E-state index in [0.29, 0.717) is 6.54 Å². The summed E-state index contributed by atoms with van der Waals surface area (Å²) in [5.74, 6) is -0.702. The van der Waals surface area contributed by atoms with Gasteiger partial charge in [0.15, 0.2) is 0 Å². The molecule has 0 saturated heterocycles. The molecule has 0 aliphatic heterocycles. The summed E-state index contributed by atoms with van der Waals surface area (Å²) in [6, 6.07) is 8.21. The van der Waals surface area contributed by atoms with E-state index in [1.807, 2.05) is 39.0 Å². The van der Waals surface area contributed by atoms with Crippen LogP contribution in [0.5, 0.6) is 0 Å². The maximum atomic E-state index is 12.9. The van der Waals surface area contributed by atoms with Crippen LogP contribution in [0.15, 0.2) is 42.7 Å². The summed E-state index contributed by atoms with van der Waals surface area (Å²) < 4.78 is 12.9. The van der Waals surface area contributed by atoms with E-state index in [9.17, 15) is 9.18 Å². The van der Waals surface area contributed by atoms with Crippen LogP contribution in [0.3, 0.4) is 0 Å². The van der Waals surface area contributed by atoms with Gasteiger partial charge in [-0.1, -0.05) is 6.07 Å². The fourth-order valence-electron chi connectivity index (χ4n) is 1.91. The fraction of sp³-hybridized carbons (Fsp3) is 0.312. The number of halogens is 1. The summed E-state index contributed by atoms with van der Waals surface area (Å²) in [5.41, 5.74) is 0.621. The van der Waals surface area contributed by atoms with Gasteiger partial charge in [0.05, 0.1) is 18.4 Å². The standard InChI is InChI=1S/C16H18FN3O/c1-16(2,3)20(11-13-6-4-5-9-18-13)15(21)14-8-7-12(17)10-19-14/h4-10H,11H2,1-3H3. The zero-order chi connectivity index (χ0) is 15.5. The van der Waals surface area contributed by atoms with E-state index in [2.05, 4.69) is 9.97 Å². The molecule has 0 atom stereocenters. The minimum Gasteiger partial charge on any atom is -0.327 e. The smallest absolute Gasteiger partial charge is 0.273 e. The van der Waals surface area contributed by atoms with E-state index >= 15 is 0 Å². The third-order valence-corrected chi connectivity index (χ3v) is 3.05. The molecule has 0 aliphatic carbocycles. The van der Waals surface area contributed by atoms with E-state index in [4.69, 9.17) is 0 Å². The Morgan fingerprint density at radius 1 is 1.19 bits per heavy atom. The number of hydrogen-bond donors (Lipinski definition) is 0. The highest BCUT2D eigenvalue weighted by Crippen LogP contribution is 2.19. The minimum absolute atomic E-state index is 0.224. The molecule has 0 radical (unpaired) electrons. The monoisotopic (exact) mass is 287 g/mol. The Balaban J connectivity index is 2.28. The lowest BCUT2D eigenvalue weighted by atomic mass is 10.0. The van der Waals surface area contributed by atoms with E-state index in [-0.39, 0.29) is 11.6 Å². The van der Waals surface area contributed by atoms with Gasteiger partial charge in [0, 0.05) is 11.7 Å². The predicted molar refractivity (Wildman–Crippen MR) is 78.1 cm³/mol. The van der Waals surface area contributed by atoms with Crippen molar-refractivity contribution in [2.75, 3.05) is 0 Å². The number of amides is 1. The summed E-state index contributed by atoms with van der Waals surface area (Å²) in [6.45, 7) is 6.20. The van der Waals surface area contributed by atoms with E-state index in [0.717, 1.165) is 11.9 Å². The first-order valence-electron chi connectivity index (χ1n) is 6.71. The maximum absolute atomic E-state index is 12.9. The van der Waals surface area contributed by atoms with Crippen molar-refractivity contribution in [1.82, 2.24) is 14.9 Å². The molecule has 4 nitrogen and oxygen atoms in total. The van der Waals surface area contributed by atoms with Crippen molar-refractivity contribution in [2.45, 2.75) is 32.9 Å². The first-order valence-corrected chi connectivity index (χ1v) is 6.71. The molecule has 0 bridgehead atoms. The van der Waals surface area contributed by atoms with Gasteiger partial charge in [-0.3, -0.25) is 9.78 Å². The summed E-state index contributed by atoms with van der Waals surface area (Å²) in [7, 11) is 0. The zero-order valence-corrected chi connectivity index (χ0v) is 12.4. The van der Waals surface area contributed by atoms with Gasteiger partial charge in [0.25, 0.3) is 5.91 Å². The molecule has 0 unspecified atom stereocenters. The van der Waals surface area contributed by atoms with Gasteiger partial charge in [-0.15, -0.1) is 0 Å². The number of pyridine rings is 2. The van der Waals surface area contributed by atoms with Crippen LogP contribution in [0.1, 0.15) is 37.0 Å². The molecule has 2 aromatic rings. The average Bonchev–Trinajstić information content (AvgIpc) is 2.45. The van der Waals surface area contributed by atoms with Gasteiger partial charge in [-0.2, -0.15) is 0 Å². The van der Waals surface area contributed by atoms with Gasteiger partial charge in [-0.05, 0) is 45.0 Å². The lowest BCUT2D eigenvalue weighted by molar-refractivity contribution is 0.0549. The van der Waals surface area contributed by atoms with Gasteiger partial charge in [-0.25, -0.2) is 9.37 Å². The summed E-state index contributed by atoms with van der Waals surface area (Å²) in [5, 5.41) is 0. The van der Waals surface area contributed by atoms with Crippen molar-refractivity contribution in [3.05, 3.63) is 59.9 Å². The van der Waals surface area contributed by atoms with E-state index in [1.54, 1.807) is 11.1 Å². The molecular formula is C16H18FN3O. The number of hydrogen-bond acceptors (Lipinski definition) is 3. The highest BCUT2D eigenvalue weighted by atomic mass is 19.1. The molecule has 0 spiro atoms. The molecule has 0 aromatic carbocycles. The van der Waals surface area contributed by atoms with Crippen LogP contribution in [0.25, 0.3) is 0 Å². The van der Waals surface area contributed by atoms with E-state index in [1.165, 1.54) is 12.1 Å². The number of nitrogens with zero attached hydrogens (tertiary/aromatic N) is 3. The molecule has 110 valence electrons. The third-order valence-electron chi connectivity index (χ3n) is 3.05. The Hall–Kier alpha value is -2.30. The van der Waals surface area contributed by atoms with Gasteiger partial charge in [0.2, 0.25) is 0 Å². The number of rotatable bonds is 3. The number of aromatic nitrogens is 2. The summed E-state index contributed by atoms with van der Waals surface area (Å²) in [4.78, 5) is 22.4. The van der Waals surface area contributed by atoms with Crippen LogP contribution in [-0.4, -0.2) is 26.3 Å². The van der Waals surface area contributed by atoms with E-state index < -0.39 is 11.4 Å². The van der Waals surface area contributed by atoms with Crippen molar-refractivity contribution in [3.63, 3.8) is 0 Å². The Labute approximate surface area is 123 Å². The normalized spacial score (nSPS) is 11.2. The molecule has 0 N–H and O–H groups in total. The number of carbonyl (C=O) groups excluding carboxylic acids is 1. The van der Waals surface area contributed by atoms with Gasteiger partial charge >= 0.3 is 0 Å². The van der Waals surface area contributed by atoms with Crippen LogP contribution in [0.2, 0.25) is 0 Å². The van der Waals surface area contributed by atoms with Crippen molar-refractivity contribution in [2.24, 2.45) is 0 Å². The highest BCUT2D eigenvalue weighted by molar-refractivity contribution is 5.92. The van der Waals surface area contributed by atoms with Gasteiger partial charge in [0.1, 0.15) is 11.5 Å². The molecule has 21 heavy (non-hydrogen) atoms. The fourth-order valence-corrected chi connectivity index (χ4v) is 1.91. The van der Waals surface area contributed by atoms with Crippen molar-refractivity contribution < 1.29 is 9.18 Å². The lowest BCUT2D eigenvalue weighted by Gasteiger charge is -2.35. The molecular weight excluding hydrogens is 269 g/mol. The molecule has 2 rings (SSSR count). The SMILES string of the molecule is CC(C)(C)N(Cc1ccccn1)C(=O)c1ccc(F)cn1. The van der Waals surface area contributed by atoms with Crippen LogP contribution in [0.4, 0.5) is 4.39 Å². The predicted octanol–water partition coefficient (Wildman–Crippen LogP) is 3.06. The Morgan fingerprint density at radius 3 is 2.48 bits per heavy atom. The average molecular weight is 287 g/mol.